The summed E-state index contributed by atoms with van der Waals surface area (Å²) < 4.78 is 5.39. The van der Waals surface area contributed by atoms with Crippen LogP contribution in [-0.2, 0) is 4.79 Å². The van der Waals surface area contributed by atoms with Crippen LogP contribution in [-0.4, -0.2) is 24.4 Å². The molecule has 0 aliphatic heterocycles. The molecule has 2 aromatic rings. The maximum atomic E-state index is 12.3. The molecule has 7 nitrogen and oxygen atoms in total. The Morgan fingerprint density at radius 2 is 1.68 bits per heavy atom. The van der Waals surface area contributed by atoms with Crippen LogP contribution >= 0.6 is 0 Å². The summed E-state index contributed by atoms with van der Waals surface area (Å²) in [7, 11) is 0. The fraction of sp³-hybridized carbons (Fsp3) is 0.286. The van der Waals surface area contributed by atoms with Crippen molar-refractivity contribution < 1.29 is 14.3 Å². The first kappa shape index (κ1) is 21.0. The van der Waals surface area contributed by atoms with E-state index in [-0.39, 0.29) is 17.8 Å². The molecule has 7 heteroatoms. The van der Waals surface area contributed by atoms with Crippen LogP contribution in [0.3, 0.4) is 0 Å². The Bertz CT molecular complexity index is 826. The van der Waals surface area contributed by atoms with Crippen LogP contribution in [0.15, 0.2) is 53.5 Å². The summed E-state index contributed by atoms with van der Waals surface area (Å²) in [6.45, 7) is 4.64. The number of nitrogens with zero attached hydrogens (tertiary/aromatic N) is 1. The molecule has 0 saturated carbocycles. The first-order valence-corrected chi connectivity index (χ1v) is 9.24. The number of benzene rings is 2. The van der Waals surface area contributed by atoms with E-state index >= 15 is 0 Å². The third kappa shape index (κ3) is 5.84. The maximum Gasteiger partial charge on any atom is 0.343 e. The first-order chi connectivity index (χ1) is 13.4. The Morgan fingerprint density at radius 1 is 1.04 bits per heavy atom. The predicted octanol–water partition coefficient (Wildman–Crippen LogP) is 2.83. The zero-order valence-corrected chi connectivity index (χ0v) is 16.1. The highest BCUT2D eigenvalue weighted by molar-refractivity contribution is 5.91. The second kappa shape index (κ2) is 10.1. The molecule has 0 aromatic heterocycles. The van der Waals surface area contributed by atoms with Crippen LogP contribution in [0.4, 0.5) is 5.69 Å². The van der Waals surface area contributed by atoms with Gasteiger partial charge in [0.1, 0.15) is 5.75 Å². The Kier molecular flexibility index (Phi) is 7.56. The van der Waals surface area contributed by atoms with Gasteiger partial charge in [-0.3, -0.25) is 4.79 Å². The highest BCUT2D eigenvalue weighted by Crippen LogP contribution is 2.23. The summed E-state index contributed by atoms with van der Waals surface area (Å²) in [6, 6.07) is 13.4. The molecular formula is C21H26N4O3. The largest absolute Gasteiger partial charge is 0.423 e. The molecule has 0 radical (unpaired) electrons. The van der Waals surface area contributed by atoms with Gasteiger partial charge in [0.25, 0.3) is 0 Å². The monoisotopic (exact) mass is 382 g/mol. The number of carbonyl (C=O) groups is 2. The normalized spacial score (nSPS) is 11.4. The van der Waals surface area contributed by atoms with Gasteiger partial charge in [-0.25, -0.2) is 9.79 Å². The van der Waals surface area contributed by atoms with Crippen molar-refractivity contribution in [2.45, 2.75) is 32.6 Å². The third-order valence-corrected chi connectivity index (χ3v) is 4.13. The predicted molar refractivity (Wildman–Crippen MR) is 110 cm³/mol. The van der Waals surface area contributed by atoms with E-state index in [0.717, 1.165) is 12.0 Å². The van der Waals surface area contributed by atoms with E-state index in [1.807, 2.05) is 26.0 Å². The van der Waals surface area contributed by atoms with E-state index in [9.17, 15) is 9.59 Å². The van der Waals surface area contributed by atoms with E-state index in [2.05, 4.69) is 10.3 Å². The fourth-order valence-electron chi connectivity index (χ4n) is 2.70. The van der Waals surface area contributed by atoms with E-state index in [0.29, 0.717) is 30.0 Å². The van der Waals surface area contributed by atoms with Gasteiger partial charge < -0.3 is 21.5 Å². The van der Waals surface area contributed by atoms with Gasteiger partial charge in [0.15, 0.2) is 5.96 Å². The molecule has 0 aliphatic rings. The minimum Gasteiger partial charge on any atom is -0.423 e. The molecule has 1 amide bonds. The standard InChI is InChI=1S/C21H26N4O3/c1-3-13-24-19(26)18(4-2)14-7-11-17(12-8-14)28-20(27)15-5-9-16(10-6-15)25-21(22)23/h5-12,18H,3-4,13H2,1-2H3,(H,24,26)(H4,22,23,25). The molecule has 5 N–H and O–H groups in total. The lowest BCUT2D eigenvalue weighted by atomic mass is 9.95. The molecule has 0 spiro atoms. The minimum atomic E-state index is -0.489. The molecule has 0 aliphatic carbocycles. The minimum absolute atomic E-state index is 0.00922. The van der Waals surface area contributed by atoms with Gasteiger partial charge in [0.2, 0.25) is 5.91 Å². The van der Waals surface area contributed by atoms with E-state index in [4.69, 9.17) is 16.2 Å². The topological polar surface area (TPSA) is 120 Å². The average Bonchev–Trinajstić information content (AvgIpc) is 2.68. The van der Waals surface area contributed by atoms with Crippen LogP contribution in [0.2, 0.25) is 0 Å². The van der Waals surface area contributed by atoms with Gasteiger partial charge >= 0.3 is 5.97 Å². The molecule has 1 unspecified atom stereocenters. The van der Waals surface area contributed by atoms with Gasteiger partial charge in [0.05, 0.1) is 17.2 Å². The van der Waals surface area contributed by atoms with Crippen LogP contribution in [0.25, 0.3) is 0 Å². The summed E-state index contributed by atoms with van der Waals surface area (Å²) in [4.78, 5) is 28.4. The van der Waals surface area contributed by atoms with Crippen LogP contribution in [0.1, 0.15) is 48.5 Å². The van der Waals surface area contributed by atoms with Crippen LogP contribution in [0.5, 0.6) is 5.75 Å². The second-order valence-electron chi connectivity index (χ2n) is 6.29. The van der Waals surface area contributed by atoms with Crippen molar-refractivity contribution in [2.24, 2.45) is 16.5 Å². The molecule has 0 saturated heterocycles. The summed E-state index contributed by atoms with van der Waals surface area (Å²) in [5.41, 5.74) is 12.5. The number of nitrogens with one attached hydrogen (secondary N) is 1. The Morgan fingerprint density at radius 3 is 2.21 bits per heavy atom. The summed E-state index contributed by atoms with van der Waals surface area (Å²) in [5, 5.41) is 2.92. The lowest BCUT2D eigenvalue weighted by Gasteiger charge is -2.15. The van der Waals surface area contributed by atoms with Crippen LogP contribution in [0, 0.1) is 0 Å². The lowest BCUT2D eigenvalue weighted by molar-refractivity contribution is -0.122. The fourth-order valence-corrected chi connectivity index (χ4v) is 2.70. The van der Waals surface area contributed by atoms with Crippen molar-refractivity contribution in [1.82, 2.24) is 5.32 Å². The Balaban J connectivity index is 2.04. The number of carbonyl (C=O) groups excluding carboxylic acids is 2. The van der Waals surface area contributed by atoms with Crippen molar-refractivity contribution >= 4 is 23.5 Å². The SMILES string of the molecule is CCCNC(=O)C(CC)c1ccc(OC(=O)c2ccc(N=C(N)N)cc2)cc1. The molecule has 0 heterocycles. The lowest BCUT2D eigenvalue weighted by Crippen LogP contribution is -2.29. The maximum absolute atomic E-state index is 12.3. The average molecular weight is 382 g/mol. The van der Waals surface area contributed by atoms with E-state index < -0.39 is 5.97 Å². The Hall–Kier alpha value is -3.35. The highest BCUT2D eigenvalue weighted by atomic mass is 16.5. The van der Waals surface area contributed by atoms with E-state index in [1.54, 1.807) is 36.4 Å². The molecule has 2 rings (SSSR count). The highest BCUT2D eigenvalue weighted by Gasteiger charge is 2.18. The van der Waals surface area contributed by atoms with Crippen molar-refractivity contribution in [3.8, 4) is 5.75 Å². The van der Waals surface area contributed by atoms with Crippen LogP contribution < -0.4 is 21.5 Å². The number of amides is 1. The first-order valence-electron chi connectivity index (χ1n) is 9.24. The smallest absolute Gasteiger partial charge is 0.343 e. The molecule has 28 heavy (non-hydrogen) atoms. The molecule has 1 atom stereocenters. The number of guanidine groups is 1. The Labute approximate surface area is 164 Å². The summed E-state index contributed by atoms with van der Waals surface area (Å²) in [5.74, 6) is -0.346. The molecule has 0 bridgehead atoms. The number of ether oxygens (including phenoxy) is 1. The molecule has 0 fully saturated rings. The number of rotatable bonds is 8. The number of aliphatic imine (C=N–C) groups is 1. The van der Waals surface area contributed by atoms with Crippen molar-refractivity contribution in [1.29, 1.82) is 0 Å². The van der Waals surface area contributed by atoms with Gasteiger partial charge in [-0.05, 0) is 54.8 Å². The zero-order chi connectivity index (χ0) is 20.5. The second-order valence-corrected chi connectivity index (χ2v) is 6.29. The number of nitrogens with two attached hydrogens (primary N) is 2. The summed E-state index contributed by atoms with van der Waals surface area (Å²) in [6.07, 6.45) is 1.58. The van der Waals surface area contributed by atoms with Gasteiger partial charge in [-0.1, -0.05) is 26.0 Å². The van der Waals surface area contributed by atoms with Gasteiger partial charge in [-0.2, -0.15) is 0 Å². The molecule has 148 valence electrons. The quantitative estimate of drug-likeness (QED) is 0.281. The van der Waals surface area contributed by atoms with Gasteiger partial charge in [-0.15, -0.1) is 0 Å². The number of hydrogen-bond acceptors (Lipinski definition) is 4. The molecule has 2 aromatic carbocycles. The zero-order valence-electron chi connectivity index (χ0n) is 16.1. The number of hydrogen-bond donors (Lipinski definition) is 3. The van der Waals surface area contributed by atoms with Crippen molar-refractivity contribution in [2.75, 3.05) is 6.54 Å². The van der Waals surface area contributed by atoms with Crippen molar-refractivity contribution in [3.63, 3.8) is 0 Å². The third-order valence-electron chi connectivity index (χ3n) is 4.13. The van der Waals surface area contributed by atoms with Crippen molar-refractivity contribution in [3.05, 3.63) is 59.7 Å². The van der Waals surface area contributed by atoms with Gasteiger partial charge in [0, 0.05) is 6.54 Å². The number of esters is 1. The van der Waals surface area contributed by atoms with E-state index in [1.165, 1.54) is 0 Å². The molecular weight excluding hydrogens is 356 g/mol. The summed E-state index contributed by atoms with van der Waals surface area (Å²) >= 11 is 0.